The number of ether oxygens (including phenoxy) is 1. The number of esters is 1. The van der Waals surface area contributed by atoms with Crippen LogP contribution < -0.4 is 5.73 Å². The van der Waals surface area contributed by atoms with Gasteiger partial charge in [0.05, 0.1) is 11.1 Å². The molecule has 0 bridgehead atoms. The number of hydrogen-bond donors (Lipinski definition) is 1. The van der Waals surface area contributed by atoms with Crippen molar-refractivity contribution in [1.29, 1.82) is 0 Å². The van der Waals surface area contributed by atoms with E-state index in [0.717, 1.165) is 18.2 Å². The smallest absolute Gasteiger partial charge is 0.340 e. The summed E-state index contributed by atoms with van der Waals surface area (Å²) in [6.07, 6.45) is 3.78. The Morgan fingerprint density at radius 2 is 2.00 bits per heavy atom. The minimum atomic E-state index is -0.626. The Bertz CT molecular complexity index is 816. The number of hydrogen-bond acceptors (Lipinski definition) is 5. The lowest BCUT2D eigenvalue weighted by molar-refractivity contribution is -0.143. The average Bonchev–Trinajstić information content (AvgIpc) is 2.65. The molecule has 2 aromatic rings. The predicted molar refractivity (Wildman–Crippen MR) is 90.6 cm³/mol. The molecule has 25 heavy (non-hydrogen) atoms. The van der Waals surface area contributed by atoms with Gasteiger partial charge in [-0.1, -0.05) is 18.2 Å². The molecule has 7 heteroatoms. The summed E-state index contributed by atoms with van der Waals surface area (Å²) in [5.74, 6) is -1.56. The normalized spacial score (nSPS) is 17.3. The van der Waals surface area contributed by atoms with Gasteiger partial charge >= 0.3 is 5.97 Å². The first-order chi connectivity index (χ1) is 12.1. The van der Waals surface area contributed by atoms with Crippen molar-refractivity contribution >= 4 is 28.7 Å². The summed E-state index contributed by atoms with van der Waals surface area (Å²) >= 11 is 0. The molecule has 2 N–H and O–H groups in total. The van der Waals surface area contributed by atoms with Crippen LogP contribution in [0, 0.1) is 0 Å². The lowest BCUT2D eigenvalue weighted by Gasteiger charge is -2.33. The predicted octanol–water partition coefficient (Wildman–Crippen LogP) is 1.26. The maximum atomic E-state index is 12.3. The zero-order valence-corrected chi connectivity index (χ0v) is 13.7. The lowest BCUT2D eigenvalue weighted by Crippen LogP contribution is -2.51. The molecule has 1 aliphatic heterocycles. The highest BCUT2D eigenvalue weighted by atomic mass is 16.5. The maximum absolute atomic E-state index is 12.3. The third-order valence-corrected chi connectivity index (χ3v) is 4.33. The number of amides is 2. The van der Waals surface area contributed by atoms with E-state index >= 15 is 0 Å². The van der Waals surface area contributed by atoms with E-state index in [1.165, 1.54) is 4.90 Å². The van der Waals surface area contributed by atoms with Crippen LogP contribution in [0.5, 0.6) is 0 Å². The Labute approximate surface area is 144 Å². The van der Waals surface area contributed by atoms with E-state index in [-0.39, 0.29) is 0 Å². The van der Waals surface area contributed by atoms with Crippen molar-refractivity contribution in [2.45, 2.75) is 25.3 Å². The SMILES string of the molecule is NC(=O)[C@@H]1CCCCN1C(=O)COC(=O)c1cccc2cccnc12. The molecular formula is C18H19N3O4. The Morgan fingerprint density at radius 1 is 1.20 bits per heavy atom. The Balaban J connectivity index is 1.69. The molecule has 0 radical (unpaired) electrons. The molecule has 130 valence electrons. The number of carbonyl (C=O) groups excluding carboxylic acids is 3. The quantitative estimate of drug-likeness (QED) is 0.843. The number of benzene rings is 1. The number of nitrogens with two attached hydrogens (primary N) is 1. The minimum absolute atomic E-state index is 0.302. The summed E-state index contributed by atoms with van der Waals surface area (Å²) in [7, 11) is 0. The summed E-state index contributed by atoms with van der Waals surface area (Å²) in [4.78, 5) is 41.8. The van der Waals surface area contributed by atoms with Crippen LogP contribution in [0.3, 0.4) is 0 Å². The second kappa shape index (κ2) is 7.29. The van der Waals surface area contributed by atoms with E-state index in [0.29, 0.717) is 24.0 Å². The summed E-state index contributed by atoms with van der Waals surface area (Å²) in [6, 6.07) is 8.18. The van der Waals surface area contributed by atoms with Crippen LogP contribution in [0.2, 0.25) is 0 Å². The molecule has 0 spiro atoms. The topological polar surface area (TPSA) is 103 Å². The van der Waals surface area contributed by atoms with Gasteiger partial charge in [-0.05, 0) is 31.4 Å². The molecule has 3 rings (SSSR count). The number of aromatic nitrogens is 1. The van der Waals surface area contributed by atoms with Crippen molar-refractivity contribution in [3.63, 3.8) is 0 Å². The standard InChI is InChI=1S/C18H19N3O4/c19-17(23)14-8-1-2-10-21(14)15(22)11-25-18(24)13-7-3-5-12-6-4-9-20-16(12)13/h3-7,9,14H,1-2,8,10-11H2,(H2,19,23)/t14-/m0/s1. The zero-order valence-electron chi connectivity index (χ0n) is 13.7. The molecule has 1 aromatic heterocycles. The first-order valence-electron chi connectivity index (χ1n) is 8.17. The van der Waals surface area contributed by atoms with E-state index in [1.54, 1.807) is 24.4 Å². The summed E-state index contributed by atoms with van der Waals surface area (Å²) in [5.41, 5.74) is 6.18. The molecule has 0 aliphatic carbocycles. The number of primary amides is 1. The minimum Gasteiger partial charge on any atom is -0.452 e. The van der Waals surface area contributed by atoms with Gasteiger partial charge in [0, 0.05) is 18.1 Å². The second-order valence-corrected chi connectivity index (χ2v) is 5.96. The highest BCUT2D eigenvalue weighted by Crippen LogP contribution is 2.19. The third-order valence-electron chi connectivity index (χ3n) is 4.33. The second-order valence-electron chi connectivity index (χ2n) is 5.96. The average molecular weight is 341 g/mol. The molecule has 1 atom stereocenters. The fourth-order valence-corrected chi connectivity index (χ4v) is 3.08. The summed E-state index contributed by atoms with van der Waals surface area (Å²) < 4.78 is 5.16. The molecule has 1 fully saturated rings. The molecule has 0 saturated carbocycles. The van der Waals surface area contributed by atoms with E-state index in [2.05, 4.69) is 4.98 Å². The molecule has 1 aromatic carbocycles. The number of fused-ring (bicyclic) bond motifs is 1. The number of likely N-dealkylation sites (tertiary alicyclic amines) is 1. The lowest BCUT2D eigenvalue weighted by atomic mass is 10.0. The van der Waals surface area contributed by atoms with Gasteiger partial charge < -0.3 is 15.4 Å². The number of pyridine rings is 1. The number of carbonyl (C=O) groups is 3. The largest absolute Gasteiger partial charge is 0.452 e. The maximum Gasteiger partial charge on any atom is 0.340 e. The van der Waals surface area contributed by atoms with Gasteiger partial charge in [0.1, 0.15) is 6.04 Å². The van der Waals surface area contributed by atoms with E-state index in [1.807, 2.05) is 12.1 Å². The highest BCUT2D eigenvalue weighted by molar-refractivity contribution is 6.03. The van der Waals surface area contributed by atoms with E-state index in [4.69, 9.17) is 10.5 Å². The molecule has 1 aliphatic rings. The Hall–Kier alpha value is -2.96. The molecule has 7 nitrogen and oxygen atoms in total. The summed E-state index contributed by atoms with van der Waals surface area (Å²) in [6.45, 7) is 0.0195. The first kappa shape index (κ1) is 16.9. The third kappa shape index (κ3) is 3.60. The van der Waals surface area contributed by atoms with Gasteiger partial charge in [-0.2, -0.15) is 0 Å². The van der Waals surface area contributed by atoms with Crippen LogP contribution in [0.15, 0.2) is 36.5 Å². The van der Waals surface area contributed by atoms with Gasteiger partial charge in [-0.3, -0.25) is 14.6 Å². The van der Waals surface area contributed by atoms with Gasteiger partial charge in [0.15, 0.2) is 6.61 Å². The summed E-state index contributed by atoms with van der Waals surface area (Å²) in [5, 5.41) is 0.813. The van der Waals surface area contributed by atoms with Crippen molar-refractivity contribution in [1.82, 2.24) is 9.88 Å². The monoisotopic (exact) mass is 341 g/mol. The van der Waals surface area contributed by atoms with Gasteiger partial charge in [0.2, 0.25) is 5.91 Å². The Kier molecular flexibility index (Phi) is 4.92. The molecular weight excluding hydrogens is 322 g/mol. The van der Waals surface area contributed by atoms with Crippen LogP contribution in [0.25, 0.3) is 10.9 Å². The van der Waals surface area contributed by atoms with Crippen LogP contribution in [0.4, 0.5) is 0 Å². The van der Waals surface area contributed by atoms with Crippen LogP contribution >= 0.6 is 0 Å². The van der Waals surface area contributed by atoms with Crippen molar-refractivity contribution in [2.75, 3.05) is 13.2 Å². The van der Waals surface area contributed by atoms with Gasteiger partial charge in [-0.15, -0.1) is 0 Å². The van der Waals surface area contributed by atoms with Crippen molar-refractivity contribution in [3.05, 3.63) is 42.1 Å². The van der Waals surface area contributed by atoms with E-state index < -0.39 is 30.4 Å². The molecule has 2 heterocycles. The fourth-order valence-electron chi connectivity index (χ4n) is 3.08. The van der Waals surface area contributed by atoms with E-state index in [9.17, 15) is 14.4 Å². The number of piperidine rings is 1. The van der Waals surface area contributed by atoms with Crippen molar-refractivity contribution in [3.8, 4) is 0 Å². The fraction of sp³-hybridized carbons (Fsp3) is 0.333. The van der Waals surface area contributed by atoms with Crippen LogP contribution in [-0.2, 0) is 14.3 Å². The highest BCUT2D eigenvalue weighted by Gasteiger charge is 2.31. The van der Waals surface area contributed by atoms with Crippen LogP contribution in [-0.4, -0.2) is 46.9 Å². The molecule has 2 amide bonds. The zero-order chi connectivity index (χ0) is 17.8. The van der Waals surface area contributed by atoms with Crippen molar-refractivity contribution < 1.29 is 19.1 Å². The first-order valence-corrected chi connectivity index (χ1v) is 8.17. The molecule has 0 unspecified atom stereocenters. The number of para-hydroxylation sites is 1. The van der Waals surface area contributed by atoms with Gasteiger partial charge in [-0.25, -0.2) is 4.79 Å². The van der Waals surface area contributed by atoms with Crippen LogP contribution in [0.1, 0.15) is 29.6 Å². The number of nitrogens with zero attached hydrogens (tertiary/aromatic N) is 2. The van der Waals surface area contributed by atoms with Gasteiger partial charge in [0.25, 0.3) is 5.91 Å². The Morgan fingerprint density at radius 3 is 2.80 bits per heavy atom. The number of rotatable bonds is 4. The van der Waals surface area contributed by atoms with Crippen molar-refractivity contribution in [2.24, 2.45) is 5.73 Å². The molecule has 1 saturated heterocycles.